The summed E-state index contributed by atoms with van der Waals surface area (Å²) in [6.45, 7) is 3.73. The van der Waals surface area contributed by atoms with Crippen LogP contribution in [0, 0.1) is 18.3 Å². The summed E-state index contributed by atoms with van der Waals surface area (Å²) in [6.07, 6.45) is 1.52. The summed E-state index contributed by atoms with van der Waals surface area (Å²) >= 11 is 6.02. The molecule has 24 heavy (non-hydrogen) atoms. The second kappa shape index (κ2) is 6.34. The summed E-state index contributed by atoms with van der Waals surface area (Å²) in [5.74, 6) is 0.615. The van der Waals surface area contributed by atoms with Gasteiger partial charge in [-0.1, -0.05) is 11.6 Å². The lowest BCUT2D eigenvalue weighted by Gasteiger charge is -2.15. The predicted molar refractivity (Wildman–Crippen MR) is 95.3 cm³/mol. The van der Waals surface area contributed by atoms with Crippen LogP contribution >= 0.6 is 11.6 Å². The Balaban J connectivity index is 1.95. The van der Waals surface area contributed by atoms with E-state index in [1.54, 1.807) is 18.2 Å². The molecule has 0 fully saturated rings. The van der Waals surface area contributed by atoms with Crippen molar-refractivity contribution in [2.75, 3.05) is 5.32 Å². The van der Waals surface area contributed by atoms with Gasteiger partial charge in [-0.2, -0.15) is 5.26 Å². The third-order valence-electron chi connectivity index (χ3n) is 3.90. The molecule has 0 amide bonds. The Morgan fingerprint density at radius 1 is 1.33 bits per heavy atom. The molecule has 2 heterocycles. The van der Waals surface area contributed by atoms with E-state index in [4.69, 9.17) is 16.9 Å². The van der Waals surface area contributed by atoms with E-state index in [-0.39, 0.29) is 11.6 Å². The van der Waals surface area contributed by atoms with E-state index in [0.717, 1.165) is 16.5 Å². The van der Waals surface area contributed by atoms with Gasteiger partial charge in [-0.3, -0.25) is 4.79 Å². The molecule has 0 aliphatic carbocycles. The summed E-state index contributed by atoms with van der Waals surface area (Å²) in [6, 6.07) is 10.8. The molecule has 120 valence electrons. The average Bonchev–Trinajstić information content (AvgIpc) is 2.54. The van der Waals surface area contributed by atoms with Crippen LogP contribution in [0.1, 0.15) is 29.7 Å². The molecule has 0 spiro atoms. The lowest BCUT2D eigenvalue weighted by atomic mass is 10.1. The van der Waals surface area contributed by atoms with Gasteiger partial charge in [0.05, 0.1) is 11.6 Å². The Hall–Kier alpha value is -2.84. The third-order valence-corrected chi connectivity index (χ3v) is 4.13. The zero-order valence-corrected chi connectivity index (χ0v) is 14.0. The highest BCUT2D eigenvalue weighted by molar-refractivity contribution is 6.31. The fourth-order valence-corrected chi connectivity index (χ4v) is 2.75. The van der Waals surface area contributed by atoms with Gasteiger partial charge >= 0.3 is 0 Å². The minimum absolute atomic E-state index is 0.157. The van der Waals surface area contributed by atoms with Crippen molar-refractivity contribution in [1.29, 1.82) is 5.26 Å². The summed E-state index contributed by atoms with van der Waals surface area (Å²) in [5.41, 5.74) is 2.55. The number of benzene rings is 1. The highest BCUT2D eigenvalue weighted by Gasteiger charge is 2.12. The zero-order valence-electron chi connectivity index (χ0n) is 13.2. The number of hydrogen-bond acceptors (Lipinski definition) is 4. The van der Waals surface area contributed by atoms with Crippen LogP contribution in [0.25, 0.3) is 10.9 Å². The molecule has 1 unspecified atom stereocenters. The summed E-state index contributed by atoms with van der Waals surface area (Å²) in [7, 11) is 0. The Morgan fingerprint density at radius 3 is 2.83 bits per heavy atom. The van der Waals surface area contributed by atoms with E-state index in [1.165, 1.54) is 6.20 Å². The van der Waals surface area contributed by atoms with Crippen LogP contribution in [0.15, 0.2) is 41.3 Å². The van der Waals surface area contributed by atoms with E-state index in [9.17, 15) is 4.79 Å². The Kier molecular flexibility index (Phi) is 4.24. The van der Waals surface area contributed by atoms with Gasteiger partial charge in [-0.25, -0.2) is 4.98 Å². The van der Waals surface area contributed by atoms with Crippen molar-refractivity contribution in [2.45, 2.75) is 19.9 Å². The highest BCUT2D eigenvalue weighted by atomic mass is 35.5. The molecule has 0 aliphatic rings. The van der Waals surface area contributed by atoms with Gasteiger partial charge in [-0.15, -0.1) is 0 Å². The minimum atomic E-state index is -0.253. The normalized spacial score (nSPS) is 11.9. The molecule has 0 aliphatic heterocycles. The molecular formula is C18H15ClN4O. The van der Waals surface area contributed by atoms with Crippen molar-refractivity contribution in [1.82, 2.24) is 9.97 Å². The average molecular weight is 339 g/mol. The van der Waals surface area contributed by atoms with Crippen molar-refractivity contribution < 1.29 is 0 Å². The molecule has 6 heteroatoms. The molecule has 1 aromatic carbocycles. The van der Waals surface area contributed by atoms with E-state index in [0.29, 0.717) is 22.0 Å². The van der Waals surface area contributed by atoms with E-state index >= 15 is 0 Å². The molecule has 3 rings (SSSR count). The summed E-state index contributed by atoms with van der Waals surface area (Å²) in [5, 5.41) is 13.6. The first-order valence-electron chi connectivity index (χ1n) is 7.43. The molecule has 0 radical (unpaired) electrons. The van der Waals surface area contributed by atoms with Gasteiger partial charge < -0.3 is 10.3 Å². The number of nitrogens with zero attached hydrogens (tertiary/aromatic N) is 2. The van der Waals surface area contributed by atoms with Crippen LogP contribution < -0.4 is 10.9 Å². The highest BCUT2D eigenvalue weighted by Crippen LogP contribution is 2.22. The minimum Gasteiger partial charge on any atom is -0.363 e. The molecule has 2 N–H and O–H groups in total. The maximum absolute atomic E-state index is 12.3. The number of nitriles is 1. The number of nitrogens with one attached hydrogen (secondary N) is 2. The smallest absolute Gasteiger partial charge is 0.253 e. The second-order valence-electron chi connectivity index (χ2n) is 5.65. The molecule has 0 saturated carbocycles. The van der Waals surface area contributed by atoms with E-state index < -0.39 is 0 Å². The Labute approximate surface area is 143 Å². The number of pyridine rings is 2. The zero-order chi connectivity index (χ0) is 17.3. The third kappa shape index (κ3) is 3.10. The largest absolute Gasteiger partial charge is 0.363 e. The molecule has 5 nitrogen and oxygen atoms in total. The van der Waals surface area contributed by atoms with Crippen molar-refractivity contribution in [3.05, 3.63) is 68.6 Å². The molecule has 0 saturated heterocycles. The monoisotopic (exact) mass is 338 g/mol. The number of anilines is 1. The first kappa shape index (κ1) is 16.0. The molecule has 2 aromatic heterocycles. The van der Waals surface area contributed by atoms with Crippen LogP contribution in [0.3, 0.4) is 0 Å². The standard InChI is InChI=1S/C18H15ClN4O/c1-10-5-17(21-9-13(10)8-20)22-11(2)15-7-12-6-14(19)3-4-16(12)23-18(15)24/h3-7,9,11H,1-2H3,(H,21,22)(H,23,24). The number of rotatable bonds is 3. The SMILES string of the molecule is Cc1cc(NC(C)c2cc3cc(Cl)ccc3[nH]c2=O)ncc1C#N. The second-order valence-corrected chi connectivity index (χ2v) is 6.08. The topological polar surface area (TPSA) is 81.6 Å². The molecule has 3 aromatic rings. The fourth-order valence-electron chi connectivity index (χ4n) is 2.57. The van der Waals surface area contributed by atoms with Gasteiger partial charge in [0.1, 0.15) is 11.9 Å². The number of aryl methyl sites for hydroxylation is 1. The fraction of sp³-hybridized carbons (Fsp3) is 0.167. The Morgan fingerprint density at radius 2 is 2.12 bits per heavy atom. The summed E-state index contributed by atoms with van der Waals surface area (Å²) in [4.78, 5) is 19.4. The quantitative estimate of drug-likeness (QED) is 0.758. The maximum atomic E-state index is 12.3. The number of aromatic nitrogens is 2. The predicted octanol–water partition coefficient (Wildman–Crippen LogP) is 3.93. The number of hydrogen-bond donors (Lipinski definition) is 2. The maximum Gasteiger partial charge on any atom is 0.253 e. The first-order chi connectivity index (χ1) is 11.5. The van der Waals surface area contributed by atoms with Gasteiger partial charge in [0, 0.05) is 27.7 Å². The number of H-pyrrole nitrogens is 1. The van der Waals surface area contributed by atoms with Gasteiger partial charge in [0.25, 0.3) is 5.56 Å². The van der Waals surface area contributed by atoms with E-state index in [1.807, 2.05) is 26.0 Å². The van der Waals surface area contributed by atoms with Gasteiger partial charge in [0.2, 0.25) is 0 Å². The summed E-state index contributed by atoms with van der Waals surface area (Å²) < 4.78 is 0. The molecule has 1 atom stereocenters. The number of halogens is 1. The van der Waals surface area contributed by atoms with Crippen LogP contribution in [0.4, 0.5) is 5.82 Å². The lowest BCUT2D eigenvalue weighted by molar-refractivity contribution is 0.856. The van der Waals surface area contributed by atoms with Crippen molar-refractivity contribution in [3.63, 3.8) is 0 Å². The number of fused-ring (bicyclic) bond motifs is 1. The van der Waals surface area contributed by atoms with Gasteiger partial charge in [-0.05, 0) is 49.7 Å². The van der Waals surface area contributed by atoms with Crippen molar-refractivity contribution >= 4 is 28.3 Å². The molecule has 0 bridgehead atoms. The van der Waals surface area contributed by atoms with Gasteiger partial charge in [0.15, 0.2) is 0 Å². The Bertz CT molecular complexity index is 1020. The first-order valence-corrected chi connectivity index (χ1v) is 7.81. The van der Waals surface area contributed by atoms with E-state index in [2.05, 4.69) is 21.4 Å². The van der Waals surface area contributed by atoms with Crippen molar-refractivity contribution in [2.24, 2.45) is 0 Å². The van der Waals surface area contributed by atoms with Crippen LogP contribution in [0.5, 0.6) is 0 Å². The van der Waals surface area contributed by atoms with Crippen molar-refractivity contribution in [3.8, 4) is 6.07 Å². The van der Waals surface area contributed by atoms with Crippen LogP contribution in [-0.4, -0.2) is 9.97 Å². The number of aromatic amines is 1. The van der Waals surface area contributed by atoms with Crippen LogP contribution in [-0.2, 0) is 0 Å². The molecular weight excluding hydrogens is 324 g/mol. The lowest BCUT2D eigenvalue weighted by Crippen LogP contribution is -2.19. The van der Waals surface area contributed by atoms with Crippen LogP contribution in [0.2, 0.25) is 5.02 Å².